The van der Waals surface area contributed by atoms with E-state index in [0.717, 1.165) is 0 Å². The molecule has 11 heavy (non-hydrogen) atoms. The number of hydrogen-bond acceptors (Lipinski definition) is 3. The highest BCUT2D eigenvalue weighted by Gasteiger charge is 2.38. The number of hydrogen-bond donors (Lipinski definition) is 2. The molecule has 2 N–H and O–H groups in total. The zero-order chi connectivity index (χ0) is 9.23. The van der Waals surface area contributed by atoms with Crippen molar-refractivity contribution in [1.82, 2.24) is 4.90 Å². The third kappa shape index (κ3) is 1.92. The summed E-state index contributed by atoms with van der Waals surface area (Å²) in [6, 6.07) is 0. The molecule has 0 radical (unpaired) electrons. The predicted molar refractivity (Wildman–Crippen MR) is 45.2 cm³/mol. The van der Waals surface area contributed by atoms with Crippen LogP contribution in [0.3, 0.4) is 0 Å². The van der Waals surface area contributed by atoms with Crippen molar-refractivity contribution in [1.29, 1.82) is 0 Å². The molecule has 0 aromatic carbocycles. The molecule has 2 atom stereocenters. The Hall–Kier alpha value is -0.120. The van der Waals surface area contributed by atoms with E-state index in [0.29, 0.717) is 0 Å². The molecule has 0 fully saturated rings. The van der Waals surface area contributed by atoms with Gasteiger partial charge in [0.05, 0.1) is 6.10 Å². The lowest BCUT2D eigenvalue weighted by Crippen LogP contribution is -2.56. The second-order valence-electron chi connectivity index (χ2n) is 3.51. The van der Waals surface area contributed by atoms with Crippen LogP contribution in [-0.4, -0.2) is 41.0 Å². The van der Waals surface area contributed by atoms with Gasteiger partial charge in [0.1, 0.15) is 5.72 Å². The molecule has 0 aliphatic heterocycles. The van der Waals surface area contributed by atoms with E-state index in [1.807, 2.05) is 13.8 Å². The minimum atomic E-state index is -1.11. The van der Waals surface area contributed by atoms with Gasteiger partial charge in [-0.1, -0.05) is 13.8 Å². The van der Waals surface area contributed by atoms with Crippen molar-refractivity contribution in [2.75, 3.05) is 14.1 Å². The monoisotopic (exact) mass is 161 g/mol. The molecule has 0 bridgehead atoms. The Kier molecular flexibility index (Phi) is 3.48. The van der Waals surface area contributed by atoms with E-state index in [4.69, 9.17) is 0 Å². The average molecular weight is 161 g/mol. The van der Waals surface area contributed by atoms with Crippen LogP contribution in [0.15, 0.2) is 0 Å². The highest BCUT2D eigenvalue weighted by Crippen LogP contribution is 2.23. The molecule has 0 rings (SSSR count). The number of rotatable bonds is 3. The lowest BCUT2D eigenvalue weighted by Gasteiger charge is -2.40. The Labute approximate surface area is 68.6 Å². The van der Waals surface area contributed by atoms with Gasteiger partial charge in [-0.2, -0.15) is 0 Å². The molecule has 3 heteroatoms. The first-order chi connectivity index (χ1) is 4.83. The van der Waals surface area contributed by atoms with E-state index in [1.165, 1.54) is 0 Å². The first-order valence-corrected chi connectivity index (χ1v) is 3.91. The molecule has 0 spiro atoms. The predicted octanol–water partition coefficient (Wildman–Crippen LogP) is 0.273. The fraction of sp³-hybridized carbons (Fsp3) is 1.00. The van der Waals surface area contributed by atoms with Crippen molar-refractivity contribution in [2.45, 2.75) is 32.6 Å². The van der Waals surface area contributed by atoms with Crippen LogP contribution >= 0.6 is 0 Å². The van der Waals surface area contributed by atoms with Crippen LogP contribution in [0.1, 0.15) is 20.8 Å². The summed E-state index contributed by atoms with van der Waals surface area (Å²) < 4.78 is 0. The Morgan fingerprint density at radius 2 is 1.55 bits per heavy atom. The molecule has 0 aliphatic rings. The zero-order valence-electron chi connectivity index (χ0n) is 8.00. The third-order valence-electron chi connectivity index (χ3n) is 2.18. The van der Waals surface area contributed by atoms with Gasteiger partial charge < -0.3 is 10.2 Å². The molecule has 0 aromatic heterocycles. The van der Waals surface area contributed by atoms with E-state index in [-0.39, 0.29) is 5.92 Å². The lowest BCUT2D eigenvalue weighted by molar-refractivity contribution is -0.183. The Morgan fingerprint density at radius 3 is 1.55 bits per heavy atom. The highest BCUT2D eigenvalue weighted by molar-refractivity contribution is 4.83. The maximum atomic E-state index is 9.92. The number of likely N-dealkylation sites (N-methyl/N-ethyl adjacent to an activating group) is 1. The van der Waals surface area contributed by atoms with Crippen molar-refractivity contribution in [3.8, 4) is 0 Å². The topological polar surface area (TPSA) is 43.7 Å². The summed E-state index contributed by atoms with van der Waals surface area (Å²) in [4.78, 5) is 1.64. The van der Waals surface area contributed by atoms with Crippen molar-refractivity contribution in [3.05, 3.63) is 0 Å². The Morgan fingerprint density at radius 1 is 1.18 bits per heavy atom. The van der Waals surface area contributed by atoms with Gasteiger partial charge in [-0.15, -0.1) is 0 Å². The summed E-state index contributed by atoms with van der Waals surface area (Å²) in [7, 11) is 3.51. The van der Waals surface area contributed by atoms with Crippen molar-refractivity contribution in [2.24, 2.45) is 5.92 Å². The number of aliphatic hydroxyl groups excluding tert-OH is 1. The van der Waals surface area contributed by atoms with Crippen molar-refractivity contribution in [3.63, 3.8) is 0 Å². The largest absolute Gasteiger partial charge is 0.389 e. The van der Waals surface area contributed by atoms with E-state index < -0.39 is 11.8 Å². The van der Waals surface area contributed by atoms with Crippen LogP contribution in [0.25, 0.3) is 0 Å². The van der Waals surface area contributed by atoms with Crippen LogP contribution in [-0.2, 0) is 0 Å². The van der Waals surface area contributed by atoms with Crippen LogP contribution in [0.2, 0.25) is 0 Å². The van der Waals surface area contributed by atoms with Crippen LogP contribution in [0.4, 0.5) is 0 Å². The standard InChI is InChI=1S/C8H19NO2/c1-6(2)8(11,7(3)10)9(4)5/h6-7,10-11H,1-5H3. The van der Waals surface area contributed by atoms with Gasteiger partial charge >= 0.3 is 0 Å². The summed E-state index contributed by atoms with van der Waals surface area (Å²) in [5.74, 6) is 0.0116. The average Bonchev–Trinajstić information content (AvgIpc) is 1.84. The lowest BCUT2D eigenvalue weighted by atomic mass is 9.93. The molecule has 2 unspecified atom stereocenters. The molecular formula is C8H19NO2. The molecule has 0 aliphatic carbocycles. The summed E-state index contributed by atoms with van der Waals surface area (Å²) in [6.45, 7) is 5.36. The maximum absolute atomic E-state index is 9.92. The molecular weight excluding hydrogens is 142 g/mol. The molecule has 3 nitrogen and oxygen atoms in total. The van der Waals surface area contributed by atoms with Gasteiger partial charge in [0.2, 0.25) is 0 Å². The minimum Gasteiger partial charge on any atom is -0.389 e. The second kappa shape index (κ2) is 3.52. The first kappa shape index (κ1) is 10.9. The minimum absolute atomic E-state index is 0.0116. The van der Waals surface area contributed by atoms with Crippen molar-refractivity contribution < 1.29 is 10.2 Å². The molecule has 0 saturated carbocycles. The van der Waals surface area contributed by atoms with Gasteiger partial charge in [0.15, 0.2) is 0 Å². The van der Waals surface area contributed by atoms with Gasteiger partial charge in [-0.05, 0) is 26.9 Å². The fourth-order valence-corrected chi connectivity index (χ4v) is 1.37. The smallest absolute Gasteiger partial charge is 0.146 e. The van der Waals surface area contributed by atoms with Gasteiger partial charge in [-0.25, -0.2) is 0 Å². The first-order valence-electron chi connectivity index (χ1n) is 3.91. The van der Waals surface area contributed by atoms with Gasteiger partial charge in [-0.3, -0.25) is 4.90 Å². The van der Waals surface area contributed by atoms with E-state index in [9.17, 15) is 10.2 Å². The number of nitrogens with zero attached hydrogens (tertiary/aromatic N) is 1. The number of aliphatic hydroxyl groups is 2. The highest BCUT2D eigenvalue weighted by atomic mass is 16.4. The third-order valence-corrected chi connectivity index (χ3v) is 2.18. The molecule has 0 amide bonds. The summed E-state index contributed by atoms with van der Waals surface area (Å²) in [5.41, 5.74) is -1.11. The zero-order valence-corrected chi connectivity index (χ0v) is 8.00. The van der Waals surface area contributed by atoms with E-state index >= 15 is 0 Å². The SMILES string of the molecule is CC(C)C(O)(C(C)O)N(C)C. The van der Waals surface area contributed by atoms with Crippen LogP contribution in [0, 0.1) is 5.92 Å². The maximum Gasteiger partial charge on any atom is 0.146 e. The van der Waals surface area contributed by atoms with Crippen LogP contribution < -0.4 is 0 Å². The quantitative estimate of drug-likeness (QED) is 0.584. The van der Waals surface area contributed by atoms with Gasteiger partial charge in [0, 0.05) is 0 Å². The molecule has 0 saturated heterocycles. The van der Waals surface area contributed by atoms with Gasteiger partial charge in [0.25, 0.3) is 0 Å². The van der Waals surface area contributed by atoms with E-state index in [2.05, 4.69) is 0 Å². The normalized spacial score (nSPS) is 20.5. The molecule has 68 valence electrons. The molecule has 0 heterocycles. The molecule has 0 aromatic rings. The summed E-state index contributed by atoms with van der Waals surface area (Å²) in [6.07, 6.45) is -0.738. The summed E-state index contributed by atoms with van der Waals surface area (Å²) >= 11 is 0. The van der Waals surface area contributed by atoms with Crippen molar-refractivity contribution >= 4 is 0 Å². The fourth-order valence-electron chi connectivity index (χ4n) is 1.37. The Bertz CT molecular complexity index is 99.5. The van der Waals surface area contributed by atoms with Crippen LogP contribution in [0.5, 0.6) is 0 Å². The second-order valence-corrected chi connectivity index (χ2v) is 3.51. The Balaban J connectivity index is 4.53. The summed E-state index contributed by atoms with van der Waals surface area (Å²) in [5, 5.41) is 19.2. The van der Waals surface area contributed by atoms with E-state index in [1.54, 1.807) is 25.9 Å².